The van der Waals surface area contributed by atoms with Crippen molar-refractivity contribution in [2.45, 2.75) is 0 Å². The molecule has 0 unspecified atom stereocenters. The molecule has 0 saturated heterocycles. The maximum atomic E-state index is 5.75. The molecule has 2 N–H and O–H groups in total. The highest BCUT2D eigenvalue weighted by Crippen LogP contribution is 2.30. The highest BCUT2D eigenvalue weighted by atomic mass is 79.9. The van der Waals surface area contributed by atoms with Crippen LogP contribution in [-0.2, 0) is 0 Å². The summed E-state index contributed by atoms with van der Waals surface area (Å²) in [5.41, 5.74) is 6.40. The van der Waals surface area contributed by atoms with Crippen LogP contribution in [0.3, 0.4) is 0 Å². The Morgan fingerprint density at radius 2 is 1.76 bits per heavy atom. The van der Waals surface area contributed by atoms with Crippen LogP contribution in [0.1, 0.15) is 5.56 Å². The van der Waals surface area contributed by atoms with Crippen LogP contribution in [0.25, 0.3) is 0 Å². The van der Waals surface area contributed by atoms with Crippen LogP contribution in [0.5, 0.6) is 11.5 Å². The van der Waals surface area contributed by atoms with E-state index in [0.717, 1.165) is 10.2 Å². The number of hydrogen-bond donors (Lipinski definition) is 1. The summed E-state index contributed by atoms with van der Waals surface area (Å²) in [7, 11) is 0. The minimum absolute atomic E-state index is 0.309. The Hall–Kier alpha value is -1.39. The Morgan fingerprint density at radius 3 is 2.41 bits per heavy atom. The third kappa shape index (κ3) is 2.84. The van der Waals surface area contributed by atoms with E-state index >= 15 is 0 Å². The van der Waals surface area contributed by atoms with Crippen molar-refractivity contribution in [3.05, 3.63) is 58.6 Å². The summed E-state index contributed by atoms with van der Waals surface area (Å²) in [6.45, 7) is 0. The normalized spacial score (nSPS) is 9.94. The Kier molecular flexibility index (Phi) is 3.76. The van der Waals surface area contributed by atoms with Gasteiger partial charge >= 0.3 is 0 Å². The second-order valence-electron chi connectivity index (χ2n) is 3.39. The molecule has 0 spiro atoms. The highest BCUT2D eigenvalue weighted by molar-refractivity contribution is 9.10. The van der Waals surface area contributed by atoms with Gasteiger partial charge in [0.1, 0.15) is 16.5 Å². The number of hydrogen-bond acceptors (Lipinski definition) is 2. The molecule has 0 fully saturated rings. The summed E-state index contributed by atoms with van der Waals surface area (Å²) in [5, 5.41) is 0. The molecule has 2 nitrogen and oxygen atoms in total. The zero-order valence-corrected chi connectivity index (χ0v) is 11.3. The average Bonchev–Trinajstić information content (AvgIpc) is 2.30. The van der Waals surface area contributed by atoms with Gasteiger partial charge in [0.25, 0.3) is 0 Å². The summed E-state index contributed by atoms with van der Waals surface area (Å²) in [6.07, 6.45) is 0. The molecule has 0 heterocycles. The first-order valence-electron chi connectivity index (χ1n) is 4.99. The largest absolute Gasteiger partial charge is 0.457 e. The van der Waals surface area contributed by atoms with Crippen LogP contribution in [0.4, 0.5) is 0 Å². The SMILES string of the molecule is NC(=S)c1c(Br)cccc1Oc1ccccc1. The first kappa shape index (κ1) is 12.1. The fourth-order valence-corrected chi connectivity index (χ4v) is 2.35. The maximum absolute atomic E-state index is 5.75. The Labute approximate surface area is 114 Å². The van der Waals surface area contributed by atoms with Gasteiger partial charge in [-0.2, -0.15) is 0 Å². The molecular formula is C13H10BrNOS. The minimum Gasteiger partial charge on any atom is -0.457 e. The van der Waals surface area contributed by atoms with Gasteiger partial charge in [0, 0.05) is 4.47 Å². The molecule has 2 aromatic rings. The number of rotatable bonds is 3. The number of benzene rings is 2. The van der Waals surface area contributed by atoms with Gasteiger partial charge in [0.05, 0.1) is 5.56 Å². The Morgan fingerprint density at radius 1 is 1.06 bits per heavy atom. The molecular weight excluding hydrogens is 298 g/mol. The third-order valence-corrected chi connectivity index (χ3v) is 3.06. The van der Waals surface area contributed by atoms with Gasteiger partial charge in [0.15, 0.2) is 0 Å². The van der Waals surface area contributed by atoms with Gasteiger partial charge in [-0.05, 0) is 40.2 Å². The highest BCUT2D eigenvalue weighted by Gasteiger charge is 2.11. The van der Waals surface area contributed by atoms with Gasteiger partial charge in [0.2, 0.25) is 0 Å². The van der Waals surface area contributed by atoms with E-state index in [2.05, 4.69) is 15.9 Å². The molecule has 2 aromatic carbocycles. The lowest BCUT2D eigenvalue weighted by Crippen LogP contribution is -2.11. The van der Waals surface area contributed by atoms with Crippen molar-refractivity contribution < 1.29 is 4.74 Å². The van der Waals surface area contributed by atoms with E-state index in [1.807, 2.05) is 48.5 Å². The molecule has 17 heavy (non-hydrogen) atoms. The standard InChI is InChI=1S/C13H10BrNOS/c14-10-7-4-8-11(12(10)13(15)17)16-9-5-2-1-3-6-9/h1-8H,(H2,15,17). The predicted molar refractivity (Wildman–Crippen MR) is 76.5 cm³/mol. The molecule has 0 atom stereocenters. The Balaban J connectivity index is 2.40. The molecule has 0 radical (unpaired) electrons. The van der Waals surface area contributed by atoms with E-state index in [1.54, 1.807) is 0 Å². The lowest BCUT2D eigenvalue weighted by Gasteiger charge is -2.11. The van der Waals surface area contributed by atoms with Crippen molar-refractivity contribution >= 4 is 33.1 Å². The van der Waals surface area contributed by atoms with E-state index in [1.165, 1.54) is 0 Å². The van der Waals surface area contributed by atoms with Crippen LogP contribution in [-0.4, -0.2) is 4.99 Å². The van der Waals surface area contributed by atoms with Gasteiger partial charge < -0.3 is 10.5 Å². The number of thiocarbonyl (C=S) groups is 1. The van der Waals surface area contributed by atoms with E-state index in [-0.39, 0.29) is 0 Å². The lowest BCUT2D eigenvalue weighted by atomic mass is 10.2. The summed E-state index contributed by atoms with van der Waals surface area (Å²) in [5.74, 6) is 1.40. The van der Waals surface area contributed by atoms with Crippen molar-refractivity contribution in [1.82, 2.24) is 0 Å². The fraction of sp³-hybridized carbons (Fsp3) is 0. The van der Waals surface area contributed by atoms with Crippen LogP contribution < -0.4 is 10.5 Å². The zero-order chi connectivity index (χ0) is 12.3. The second kappa shape index (κ2) is 5.29. The van der Waals surface area contributed by atoms with Crippen LogP contribution in [0.2, 0.25) is 0 Å². The number of halogens is 1. The molecule has 86 valence electrons. The third-order valence-electron chi connectivity index (χ3n) is 2.19. The number of nitrogens with two attached hydrogens (primary N) is 1. The molecule has 0 amide bonds. The smallest absolute Gasteiger partial charge is 0.138 e. The summed E-state index contributed by atoms with van der Waals surface area (Å²) >= 11 is 8.43. The van der Waals surface area contributed by atoms with Gasteiger partial charge in [-0.1, -0.05) is 36.5 Å². The average molecular weight is 308 g/mol. The lowest BCUT2D eigenvalue weighted by molar-refractivity contribution is 0.481. The maximum Gasteiger partial charge on any atom is 0.138 e. The fourth-order valence-electron chi connectivity index (χ4n) is 1.44. The van der Waals surface area contributed by atoms with Crippen LogP contribution >= 0.6 is 28.1 Å². The van der Waals surface area contributed by atoms with Crippen LogP contribution in [0, 0.1) is 0 Å². The molecule has 0 aliphatic rings. The van der Waals surface area contributed by atoms with Crippen molar-refractivity contribution in [2.24, 2.45) is 5.73 Å². The first-order valence-corrected chi connectivity index (χ1v) is 6.20. The molecule has 0 aliphatic carbocycles. The van der Waals surface area contributed by atoms with E-state index < -0.39 is 0 Å². The number of para-hydroxylation sites is 1. The van der Waals surface area contributed by atoms with Crippen LogP contribution in [0.15, 0.2) is 53.0 Å². The summed E-state index contributed by atoms with van der Waals surface area (Å²) in [6, 6.07) is 15.1. The summed E-state index contributed by atoms with van der Waals surface area (Å²) in [4.78, 5) is 0.309. The quantitative estimate of drug-likeness (QED) is 0.874. The second-order valence-corrected chi connectivity index (χ2v) is 4.69. The predicted octanol–water partition coefficient (Wildman–Crippen LogP) is 3.88. The topological polar surface area (TPSA) is 35.2 Å². The van der Waals surface area contributed by atoms with Crippen molar-refractivity contribution in [1.29, 1.82) is 0 Å². The molecule has 0 bridgehead atoms. The van der Waals surface area contributed by atoms with Gasteiger partial charge in [-0.3, -0.25) is 0 Å². The minimum atomic E-state index is 0.309. The molecule has 2 rings (SSSR count). The van der Waals surface area contributed by atoms with Gasteiger partial charge in [-0.25, -0.2) is 0 Å². The monoisotopic (exact) mass is 307 g/mol. The molecule has 0 aliphatic heterocycles. The van der Waals surface area contributed by atoms with E-state index in [9.17, 15) is 0 Å². The van der Waals surface area contributed by atoms with Crippen molar-refractivity contribution in [3.8, 4) is 11.5 Å². The van der Waals surface area contributed by atoms with E-state index in [4.69, 9.17) is 22.7 Å². The van der Waals surface area contributed by atoms with Gasteiger partial charge in [-0.15, -0.1) is 0 Å². The molecule has 4 heteroatoms. The zero-order valence-electron chi connectivity index (χ0n) is 8.89. The summed E-state index contributed by atoms with van der Waals surface area (Å²) < 4.78 is 6.59. The van der Waals surface area contributed by atoms with E-state index in [0.29, 0.717) is 16.3 Å². The first-order chi connectivity index (χ1) is 8.18. The number of ether oxygens (including phenoxy) is 1. The van der Waals surface area contributed by atoms with Crippen molar-refractivity contribution in [2.75, 3.05) is 0 Å². The van der Waals surface area contributed by atoms with Crippen molar-refractivity contribution in [3.63, 3.8) is 0 Å². The Bertz CT molecular complexity index is 542. The molecule has 0 aromatic heterocycles. The molecule has 0 saturated carbocycles.